The number of hydrogen-bond acceptors (Lipinski definition) is 3. The number of anilines is 1. The molecule has 7 heteroatoms. The Labute approximate surface area is 156 Å². The largest absolute Gasteiger partial charge is 0.312 e. The van der Waals surface area contributed by atoms with Gasteiger partial charge in [-0.15, -0.1) is 0 Å². The smallest absolute Gasteiger partial charge is 0.269 e. The van der Waals surface area contributed by atoms with Crippen LogP contribution in [0.15, 0.2) is 48.5 Å². The predicted octanol–water partition coefficient (Wildman–Crippen LogP) is 2.46. The summed E-state index contributed by atoms with van der Waals surface area (Å²) in [5.41, 5.74) is 6.94. The maximum atomic E-state index is 12.3. The summed E-state index contributed by atoms with van der Waals surface area (Å²) in [6.45, 7) is 2.23. The van der Waals surface area contributed by atoms with E-state index in [2.05, 4.69) is 10.9 Å². The first kappa shape index (κ1) is 17.9. The Hall–Kier alpha value is -2.86. The van der Waals surface area contributed by atoms with Gasteiger partial charge in [-0.25, -0.2) is 0 Å². The minimum atomic E-state index is -0.520. The van der Waals surface area contributed by atoms with Crippen LogP contribution >= 0.6 is 11.6 Å². The molecule has 1 aliphatic heterocycles. The highest BCUT2D eigenvalue weighted by molar-refractivity contribution is 6.30. The second-order valence-electron chi connectivity index (χ2n) is 6.19. The van der Waals surface area contributed by atoms with E-state index in [1.165, 1.54) is 0 Å². The molecule has 0 bridgehead atoms. The lowest BCUT2D eigenvalue weighted by Gasteiger charge is -2.17. The summed E-state index contributed by atoms with van der Waals surface area (Å²) >= 11 is 5.78. The van der Waals surface area contributed by atoms with Gasteiger partial charge in [-0.05, 0) is 48.9 Å². The van der Waals surface area contributed by atoms with E-state index in [0.29, 0.717) is 10.6 Å². The van der Waals surface area contributed by atoms with Crippen molar-refractivity contribution in [3.8, 4) is 0 Å². The summed E-state index contributed by atoms with van der Waals surface area (Å²) in [5.74, 6) is -1.47. The molecule has 1 aliphatic rings. The zero-order valence-electron chi connectivity index (χ0n) is 14.2. The third-order valence-corrected chi connectivity index (χ3v) is 4.47. The molecule has 134 valence electrons. The van der Waals surface area contributed by atoms with Crippen LogP contribution in [0.2, 0.25) is 5.02 Å². The van der Waals surface area contributed by atoms with E-state index < -0.39 is 17.7 Å². The van der Waals surface area contributed by atoms with Gasteiger partial charge in [0.05, 0.1) is 5.92 Å². The van der Waals surface area contributed by atoms with Crippen LogP contribution in [-0.4, -0.2) is 24.3 Å². The fourth-order valence-corrected chi connectivity index (χ4v) is 2.95. The predicted molar refractivity (Wildman–Crippen MR) is 98.7 cm³/mol. The summed E-state index contributed by atoms with van der Waals surface area (Å²) < 4.78 is 0. The molecule has 2 N–H and O–H groups in total. The molecule has 3 amide bonds. The average Bonchev–Trinajstić information content (AvgIpc) is 3.02. The van der Waals surface area contributed by atoms with E-state index in [9.17, 15) is 14.4 Å². The Bertz CT molecular complexity index is 851. The number of amides is 3. The Morgan fingerprint density at radius 1 is 1.12 bits per heavy atom. The number of nitrogens with zero attached hydrogens (tertiary/aromatic N) is 1. The molecule has 0 radical (unpaired) electrons. The molecule has 0 unspecified atom stereocenters. The molecule has 2 aromatic carbocycles. The lowest BCUT2D eigenvalue weighted by atomic mass is 10.1. The van der Waals surface area contributed by atoms with Crippen LogP contribution in [0.3, 0.4) is 0 Å². The molecule has 0 saturated carbocycles. The van der Waals surface area contributed by atoms with Crippen molar-refractivity contribution in [3.63, 3.8) is 0 Å². The number of halogens is 1. The number of carbonyl (C=O) groups is 3. The fraction of sp³-hybridized carbons (Fsp3) is 0.211. The highest BCUT2D eigenvalue weighted by atomic mass is 35.5. The van der Waals surface area contributed by atoms with E-state index in [1.54, 1.807) is 29.2 Å². The molecule has 1 heterocycles. The molecule has 1 fully saturated rings. The maximum absolute atomic E-state index is 12.3. The average molecular weight is 372 g/mol. The zero-order chi connectivity index (χ0) is 18.7. The van der Waals surface area contributed by atoms with Crippen molar-refractivity contribution < 1.29 is 14.4 Å². The van der Waals surface area contributed by atoms with Crippen molar-refractivity contribution >= 4 is 35.0 Å². The number of hydrazine groups is 1. The Morgan fingerprint density at radius 2 is 1.85 bits per heavy atom. The molecule has 0 aliphatic carbocycles. The van der Waals surface area contributed by atoms with Crippen LogP contribution < -0.4 is 15.8 Å². The summed E-state index contributed by atoms with van der Waals surface area (Å²) in [6.07, 6.45) is 0.108. The lowest BCUT2D eigenvalue weighted by Crippen LogP contribution is -2.45. The minimum absolute atomic E-state index is 0.108. The van der Waals surface area contributed by atoms with E-state index in [-0.39, 0.29) is 18.9 Å². The summed E-state index contributed by atoms with van der Waals surface area (Å²) in [7, 11) is 0. The first-order valence-corrected chi connectivity index (χ1v) is 8.54. The van der Waals surface area contributed by atoms with Crippen molar-refractivity contribution in [2.75, 3.05) is 11.4 Å². The topological polar surface area (TPSA) is 78.5 Å². The summed E-state index contributed by atoms with van der Waals surface area (Å²) in [5, 5.41) is 0.520. The first-order valence-electron chi connectivity index (χ1n) is 8.17. The highest BCUT2D eigenvalue weighted by Crippen LogP contribution is 2.25. The Balaban J connectivity index is 1.58. The number of carbonyl (C=O) groups excluding carboxylic acids is 3. The van der Waals surface area contributed by atoms with Gasteiger partial charge in [0.15, 0.2) is 0 Å². The van der Waals surface area contributed by atoms with Crippen molar-refractivity contribution in [1.29, 1.82) is 0 Å². The van der Waals surface area contributed by atoms with Crippen molar-refractivity contribution in [1.82, 2.24) is 10.9 Å². The van der Waals surface area contributed by atoms with Crippen molar-refractivity contribution in [2.24, 2.45) is 5.92 Å². The van der Waals surface area contributed by atoms with Crippen LogP contribution in [0, 0.1) is 12.8 Å². The zero-order valence-corrected chi connectivity index (χ0v) is 14.9. The Morgan fingerprint density at radius 3 is 2.54 bits per heavy atom. The highest BCUT2D eigenvalue weighted by Gasteiger charge is 2.35. The molecular weight excluding hydrogens is 354 g/mol. The number of aryl methyl sites for hydroxylation is 1. The van der Waals surface area contributed by atoms with Crippen LogP contribution in [0.25, 0.3) is 0 Å². The van der Waals surface area contributed by atoms with Gasteiger partial charge in [0.25, 0.3) is 5.91 Å². The van der Waals surface area contributed by atoms with Gasteiger partial charge >= 0.3 is 0 Å². The van der Waals surface area contributed by atoms with Gasteiger partial charge in [0.2, 0.25) is 11.8 Å². The SMILES string of the molecule is Cc1cccc(N2C[C@H](C(=O)NNC(=O)c3ccc(Cl)cc3)CC2=O)c1. The molecular formula is C19H18ClN3O3. The fourth-order valence-electron chi connectivity index (χ4n) is 2.82. The second-order valence-corrected chi connectivity index (χ2v) is 6.63. The van der Waals surface area contributed by atoms with Gasteiger partial charge < -0.3 is 4.90 Å². The normalized spacial score (nSPS) is 16.5. The van der Waals surface area contributed by atoms with Crippen LogP contribution in [0.5, 0.6) is 0 Å². The molecule has 2 aromatic rings. The van der Waals surface area contributed by atoms with Crippen LogP contribution in [-0.2, 0) is 9.59 Å². The van der Waals surface area contributed by atoms with E-state index in [4.69, 9.17) is 11.6 Å². The molecule has 26 heavy (non-hydrogen) atoms. The van der Waals surface area contributed by atoms with Crippen LogP contribution in [0.4, 0.5) is 5.69 Å². The van der Waals surface area contributed by atoms with Gasteiger partial charge in [0, 0.05) is 29.2 Å². The summed E-state index contributed by atoms with van der Waals surface area (Å²) in [4.78, 5) is 38.1. The summed E-state index contributed by atoms with van der Waals surface area (Å²) in [6, 6.07) is 13.9. The van der Waals surface area contributed by atoms with Crippen LogP contribution in [0.1, 0.15) is 22.3 Å². The molecule has 3 rings (SSSR count). The standard InChI is InChI=1S/C19H18ClN3O3/c1-12-3-2-4-16(9-12)23-11-14(10-17(23)24)19(26)22-21-18(25)13-5-7-15(20)8-6-13/h2-9,14H,10-11H2,1H3,(H,21,25)(H,22,26)/t14-/m1/s1. The van der Waals surface area contributed by atoms with E-state index >= 15 is 0 Å². The number of benzene rings is 2. The molecule has 1 atom stereocenters. The van der Waals surface area contributed by atoms with Gasteiger partial charge in [-0.1, -0.05) is 23.7 Å². The molecule has 6 nitrogen and oxygen atoms in total. The van der Waals surface area contributed by atoms with Crippen molar-refractivity contribution in [2.45, 2.75) is 13.3 Å². The molecule has 0 aromatic heterocycles. The number of rotatable bonds is 3. The van der Waals surface area contributed by atoms with Crippen molar-refractivity contribution in [3.05, 3.63) is 64.7 Å². The van der Waals surface area contributed by atoms with Gasteiger partial charge in [-0.3, -0.25) is 25.2 Å². The monoisotopic (exact) mass is 371 g/mol. The molecule has 0 spiro atoms. The van der Waals surface area contributed by atoms with Gasteiger partial charge in [0.1, 0.15) is 0 Å². The molecule has 1 saturated heterocycles. The third kappa shape index (κ3) is 4.03. The number of hydrogen-bond donors (Lipinski definition) is 2. The van der Waals surface area contributed by atoms with E-state index in [0.717, 1.165) is 11.3 Å². The minimum Gasteiger partial charge on any atom is -0.312 e. The maximum Gasteiger partial charge on any atom is 0.269 e. The third-order valence-electron chi connectivity index (χ3n) is 4.21. The Kier molecular flexibility index (Phi) is 5.23. The van der Waals surface area contributed by atoms with Gasteiger partial charge in [-0.2, -0.15) is 0 Å². The first-order chi connectivity index (χ1) is 12.4. The van der Waals surface area contributed by atoms with E-state index in [1.807, 2.05) is 31.2 Å². The number of nitrogens with one attached hydrogen (secondary N) is 2. The lowest BCUT2D eigenvalue weighted by molar-refractivity contribution is -0.126. The quantitative estimate of drug-likeness (QED) is 0.813. The second kappa shape index (κ2) is 7.58.